The van der Waals surface area contributed by atoms with E-state index in [2.05, 4.69) is 14.7 Å². The van der Waals surface area contributed by atoms with Crippen LogP contribution in [0.15, 0.2) is 67.0 Å². The van der Waals surface area contributed by atoms with Gasteiger partial charge in [0.15, 0.2) is 11.6 Å². The molecule has 0 unspecified atom stereocenters. The van der Waals surface area contributed by atoms with Crippen molar-refractivity contribution in [3.8, 4) is 17.1 Å². The van der Waals surface area contributed by atoms with E-state index in [1.807, 2.05) is 0 Å². The molecule has 1 heterocycles. The monoisotopic (exact) mass is 415 g/mol. The van der Waals surface area contributed by atoms with Gasteiger partial charge in [-0.3, -0.25) is 10.0 Å². The largest absolute Gasteiger partial charge is 0.432 e. The van der Waals surface area contributed by atoms with Gasteiger partial charge in [0.05, 0.1) is 12.4 Å². The first kappa shape index (κ1) is 19.8. The number of ether oxygens (including phenoxy) is 1. The molecule has 154 valence electrons. The number of alkyl halides is 3. The molecule has 30 heavy (non-hydrogen) atoms. The maximum absolute atomic E-state index is 15.5. The van der Waals surface area contributed by atoms with Gasteiger partial charge in [-0.25, -0.2) is 19.8 Å². The lowest BCUT2D eigenvalue weighted by atomic mass is 10.0. The van der Waals surface area contributed by atoms with Crippen molar-refractivity contribution in [3.63, 3.8) is 0 Å². The Morgan fingerprint density at radius 1 is 1.00 bits per heavy atom. The molecule has 2 aromatic carbocycles. The van der Waals surface area contributed by atoms with Gasteiger partial charge in [0, 0.05) is 17.4 Å². The van der Waals surface area contributed by atoms with Gasteiger partial charge in [0.1, 0.15) is 0 Å². The predicted octanol–water partition coefficient (Wildman–Crippen LogP) is 3.84. The zero-order valence-corrected chi connectivity index (χ0v) is 15.4. The third-order valence-electron chi connectivity index (χ3n) is 5.12. The highest BCUT2D eigenvalue weighted by molar-refractivity contribution is 5.92. The van der Waals surface area contributed by atoms with Crippen LogP contribution in [0.25, 0.3) is 11.4 Å². The highest BCUT2D eigenvalue weighted by Crippen LogP contribution is 2.66. The summed E-state index contributed by atoms with van der Waals surface area (Å²) in [6.07, 6.45) is 2.26. The quantitative estimate of drug-likeness (QED) is 0.472. The summed E-state index contributed by atoms with van der Waals surface area (Å²) in [6, 6.07) is 15.4. The fourth-order valence-corrected chi connectivity index (χ4v) is 3.72. The number of hydroxylamine groups is 1. The number of benzene rings is 2. The number of carbonyl (C=O) groups is 1. The Morgan fingerprint density at radius 3 is 2.10 bits per heavy atom. The first-order valence-electron chi connectivity index (χ1n) is 9.00. The van der Waals surface area contributed by atoms with E-state index in [1.165, 1.54) is 5.48 Å². The maximum atomic E-state index is 15.5. The van der Waals surface area contributed by atoms with E-state index in [-0.39, 0.29) is 11.6 Å². The minimum absolute atomic E-state index is 0.161. The summed E-state index contributed by atoms with van der Waals surface area (Å²) < 4.78 is 44.1. The lowest BCUT2D eigenvalue weighted by molar-refractivity contribution is -0.136. The third kappa shape index (κ3) is 3.48. The summed E-state index contributed by atoms with van der Waals surface area (Å²) in [6.45, 7) is -2.97. The normalized spacial score (nSPS) is 22.6. The Hall–Kier alpha value is -3.46. The van der Waals surface area contributed by atoms with Gasteiger partial charge in [-0.15, -0.1) is 0 Å². The second-order valence-electron chi connectivity index (χ2n) is 6.82. The van der Waals surface area contributed by atoms with Gasteiger partial charge >= 0.3 is 6.61 Å². The van der Waals surface area contributed by atoms with Crippen LogP contribution in [0.5, 0.6) is 5.75 Å². The van der Waals surface area contributed by atoms with Crippen molar-refractivity contribution < 1.29 is 27.9 Å². The van der Waals surface area contributed by atoms with Crippen LogP contribution in [0.3, 0.4) is 0 Å². The molecule has 1 saturated carbocycles. The Labute approximate surface area is 169 Å². The highest BCUT2D eigenvalue weighted by atomic mass is 19.3. The number of hydrogen-bond acceptors (Lipinski definition) is 5. The minimum atomic E-state index is -2.97. The maximum Gasteiger partial charge on any atom is 0.387 e. The highest BCUT2D eigenvalue weighted by Gasteiger charge is 2.72. The van der Waals surface area contributed by atoms with Crippen LogP contribution in [-0.4, -0.2) is 33.4 Å². The summed E-state index contributed by atoms with van der Waals surface area (Å²) in [5, 5.41) is 9.00. The van der Waals surface area contributed by atoms with Gasteiger partial charge in [-0.2, -0.15) is 8.78 Å². The number of nitrogens with zero attached hydrogens (tertiary/aromatic N) is 2. The lowest BCUT2D eigenvalue weighted by Gasteiger charge is -2.07. The van der Waals surface area contributed by atoms with Crippen molar-refractivity contribution in [2.45, 2.75) is 24.1 Å². The summed E-state index contributed by atoms with van der Waals surface area (Å²) in [5.74, 6) is -2.49. The van der Waals surface area contributed by atoms with Gasteiger partial charge in [-0.1, -0.05) is 54.6 Å². The van der Waals surface area contributed by atoms with Crippen LogP contribution in [0.2, 0.25) is 0 Å². The van der Waals surface area contributed by atoms with Crippen molar-refractivity contribution in [1.29, 1.82) is 0 Å². The van der Waals surface area contributed by atoms with Gasteiger partial charge in [0.25, 0.3) is 5.91 Å². The van der Waals surface area contributed by atoms with E-state index in [0.29, 0.717) is 16.7 Å². The molecule has 4 rings (SSSR count). The topological polar surface area (TPSA) is 84.3 Å². The van der Waals surface area contributed by atoms with Crippen LogP contribution >= 0.6 is 0 Å². The minimum Gasteiger partial charge on any atom is -0.432 e. The summed E-state index contributed by atoms with van der Waals surface area (Å²) in [4.78, 5) is 20.0. The number of amides is 1. The zero-order chi connectivity index (χ0) is 21.3. The Kier molecular flexibility index (Phi) is 5.13. The Morgan fingerprint density at radius 2 is 1.57 bits per heavy atom. The third-order valence-corrected chi connectivity index (χ3v) is 5.12. The van der Waals surface area contributed by atoms with Gasteiger partial charge < -0.3 is 4.74 Å². The Balaban J connectivity index is 1.59. The van der Waals surface area contributed by atoms with Crippen LogP contribution in [0.1, 0.15) is 23.0 Å². The van der Waals surface area contributed by atoms with Gasteiger partial charge in [0.2, 0.25) is 5.67 Å². The van der Waals surface area contributed by atoms with Crippen molar-refractivity contribution in [3.05, 3.63) is 78.1 Å². The summed E-state index contributed by atoms with van der Waals surface area (Å²) in [5.41, 5.74) is 0.942. The molecule has 6 nitrogen and oxygen atoms in total. The van der Waals surface area contributed by atoms with E-state index < -0.39 is 30.0 Å². The molecule has 0 bridgehead atoms. The standard InChI is InChI=1S/C21H16F3N3O3/c22-20(23)30-15-10-25-18(26-11-15)14-8-6-13(7-9-14)17-16(12-4-2-1-3-5-12)21(17,24)19(28)27-29/h1-11,16-17,20,29H,(H,27,28)/t16-,17-,21+/m0/s1. The molecular formula is C21H16F3N3O3. The van der Waals surface area contributed by atoms with E-state index in [1.54, 1.807) is 54.6 Å². The summed E-state index contributed by atoms with van der Waals surface area (Å²) in [7, 11) is 0. The molecule has 1 aromatic heterocycles. The van der Waals surface area contributed by atoms with Crippen molar-refractivity contribution in [2.24, 2.45) is 0 Å². The van der Waals surface area contributed by atoms with E-state index in [0.717, 1.165) is 12.4 Å². The number of halogens is 3. The molecule has 1 aliphatic carbocycles. The molecule has 1 fully saturated rings. The zero-order valence-electron chi connectivity index (χ0n) is 15.4. The average molecular weight is 415 g/mol. The first-order valence-corrected chi connectivity index (χ1v) is 9.00. The fourth-order valence-electron chi connectivity index (χ4n) is 3.72. The molecule has 3 aromatic rings. The predicted molar refractivity (Wildman–Crippen MR) is 99.8 cm³/mol. The lowest BCUT2D eigenvalue weighted by Crippen LogP contribution is -2.33. The molecule has 3 atom stereocenters. The number of carbonyl (C=O) groups excluding carboxylic acids is 1. The van der Waals surface area contributed by atoms with Crippen molar-refractivity contribution in [2.75, 3.05) is 0 Å². The molecular weight excluding hydrogens is 399 g/mol. The van der Waals surface area contributed by atoms with E-state index >= 15 is 4.39 Å². The van der Waals surface area contributed by atoms with Crippen LogP contribution in [0.4, 0.5) is 13.2 Å². The molecule has 0 radical (unpaired) electrons. The first-order chi connectivity index (χ1) is 14.4. The molecule has 2 N–H and O–H groups in total. The van der Waals surface area contributed by atoms with Crippen molar-refractivity contribution in [1.82, 2.24) is 15.4 Å². The Bertz CT molecular complexity index is 1030. The molecule has 1 aliphatic rings. The average Bonchev–Trinajstić information content (AvgIpc) is 3.41. The van der Waals surface area contributed by atoms with Crippen molar-refractivity contribution >= 4 is 5.91 Å². The van der Waals surface area contributed by atoms with Crippen LogP contribution < -0.4 is 10.2 Å². The van der Waals surface area contributed by atoms with E-state index in [9.17, 15) is 13.6 Å². The molecule has 0 spiro atoms. The SMILES string of the molecule is O=C(NO)[C@@]1(F)[C@@H](c2ccccc2)[C@@H]1c1ccc(-c2ncc(OC(F)F)cn2)cc1. The number of hydrogen-bond donors (Lipinski definition) is 2. The second kappa shape index (κ2) is 7.75. The fraction of sp³-hybridized carbons (Fsp3) is 0.190. The number of nitrogens with one attached hydrogen (secondary N) is 1. The van der Waals surface area contributed by atoms with E-state index in [4.69, 9.17) is 5.21 Å². The second-order valence-corrected chi connectivity index (χ2v) is 6.82. The van der Waals surface area contributed by atoms with Gasteiger partial charge in [-0.05, 0) is 11.1 Å². The molecule has 0 aliphatic heterocycles. The van der Waals surface area contributed by atoms with Crippen LogP contribution in [0, 0.1) is 0 Å². The molecule has 9 heteroatoms. The smallest absolute Gasteiger partial charge is 0.387 e. The van der Waals surface area contributed by atoms with Crippen LogP contribution in [-0.2, 0) is 4.79 Å². The number of rotatable bonds is 6. The summed E-state index contributed by atoms with van der Waals surface area (Å²) >= 11 is 0. The number of aromatic nitrogens is 2. The molecule has 0 saturated heterocycles. The molecule has 1 amide bonds.